The molecular formula is C31H39N3O4S. The van der Waals surface area contributed by atoms with Crippen LogP contribution in [0, 0.1) is 20.8 Å². The van der Waals surface area contributed by atoms with E-state index in [1.54, 1.807) is 30.3 Å². The lowest BCUT2D eigenvalue weighted by molar-refractivity contribution is -0.140. The van der Waals surface area contributed by atoms with Crippen molar-refractivity contribution in [3.63, 3.8) is 0 Å². The number of hydrogen-bond donors (Lipinski definition) is 1. The Morgan fingerprint density at radius 1 is 0.846 bits per heavy atom. The fraction of sp³-hybridized carbons (Fsp3) is 0.355. The molecule has 0 spiro atoms. The van der Waals surface area contributed by atoms with Crippen LogP contribution in [0.5, 0.6) is 0 Å². The second kappa shape index (κ2) is 12.9. The van der Waals surface area contributed by atoms with Crippen molar-refractivity contribution in [2.75, 3.05) is 10.8 Å². The molecule has 0 saturated heterocycles. The normalized spacial score (nSPS) is 12.2. The van der Waals surface area contributed by atoms with Crippen molar-refractivity contribution in [2.24, 2.45) is 0 Å². The minimum absolute atomic E-state index is 0.0914. The Labute approximate surface area is 232 Å². The number of carbonyl (C=O) groups excluding carboxylic acids is 2. The van der Waals surface area contributed by atoms with Crippen LogP contribution in [-0.2, 0) is 26.2 Å². The summed E-state index contributed by atoms with van der Waals surface area (Å²) in [5, 5.41) is 2.92. The zero-order chi connectivity index (χ0) is 28.7. The van der Waals surface area contributed by atoms with Gasteiger partial charge in [0.1, 0.15) is 12.6 Å². The average molecular weight is 550 g/mol. The predicted octanol–water partition coefficient (Wildman–Crippen LogP) is 5.14. The number of nitrogens with zero attached hydrogens (tertiary/aromatic N) is 2. The molecule has 0 heterocycles. The summed E-state index contributed by atoms with van der Waals surface area (Å²) in [5.41, 5.74) is 3.99. The molecule has 1 unspecified atom stereocenters. The van der Waals surface area contributed by atoms with E-state index < -0.39 is 28.5 Å². The Hall–Kier alpha value is -3.65. The molecule has 0 bridgehead atoms. The van der Waals surface area contributed by atoms with Crippen LogP contribution >= 0.6 is 0 Å². The summed E-state index contributed by atoms with van der Waals surface area (Å²) in [7, 11) is -4.09. The van der Waals surface area contributed by atoms with Gasteiger partial charge in [-0.2, -0.15) is 0 Å². The van der Waals surface area contributed by atoms with Crippen molar-refractivity contribution < 1.29 is 18.0 Å². The van der Waals surface area contributed by atoms with Gasteiger partial charge in [-0.05, 0) is 81.5 Å². The topological polar surface area (TPSA) is 86.8 Å². The highest BCUT2D eigenvalue weighted by atomic mass is 32.2. The first-order chi connectivity index (χ1) is 18.5. The SMILES string of the molecule is CCC(C(=O)NC(C)C)N(Cc1ccccc1C)C(=O)CN(c1cccc(C)c1C)S(=O)(=O)c1ccccc1. The van der Waals surface area contributed by atoms with Crippen molar-refractivity contribution in [1.82, 2.24) is 10.2 Å². The lowest BCUT2D eigenvalue weighted by Crippen LogP contribution is -2.53. The maximum absolute atomic E-state index is 14.1. The third kappa shape index (κ3) is 7.06. The van der Waals surface area contributed by atoms with Gasteiger partial charge in [0.15, 0.2) is 0 Å². The minimum atomic E-state index is -4.09. The van der Waals surface area contributed by atoms with Crippen LogP contribution in [0.15, 0.2) is 77.7 Å². The first-order valence-electron chi connectivity index (χ1n) is 13.3. The molecule has 0 radical (unpaired) electrons. The van der Waals surface area contributed by atoms with Gasteiger partial charge in [-0.25, -0.2) is 8.42 Å². The quantitative estimate of drug-likeness (QED) is 0.359. The van der Waals surface area contributed by atoms with Crippen molar-refractivity contribution in [2.45, 2.75) is 71.5 Å². The molecule has 0 aliphatic heterocycles. The number of sulfonamides is 1. The number of rotatable bonds is 11. The first-order valence-corrected chi connectivity index (χ1v) is 14.7. The maximum atomic E-state index is 14.1. The minimum Gasteiger partial charge on any atom is -0.352 e. The molecule has 39 heavy (non-hydrogen) atoms. The van der Waals surface area contributed by atoms with Crippen molar-refractivity contribution >= 4 is 27.5 Å². The van der Waals surface area contributed by atoms with E-state index in [-0.39, 0.29) is 23.4 Å². The third-order valence-electron chi connectivity index (χ3n) is 6.87. The number of hydrogen-bond acceptors (Lipinski definition) is 4. The van der Waals surface area contributed by atoms with E-state index in [2.05, 4.69) is 5.32 Å². The van der Waals surface area contributed by atoms with Crippen LogP contribution in [0.1, 0.15) is 49.4 Å². The standard InChI is InChI=1S/C31H39N3O4S/c1-7-28(31(36)32-22(2)3)33(20-26-16-12-11-14-24(26)5)30(35)21-34(29-19-13-15-23(4)25(29)6)39(37,38)27-17-9-8-10-18-27/h8-19,22,28H,7,20-21H2,1-6H3,(H,32,36). The van der Waals surface area contributed by atoms with E-state index in [4.69, 9.17) is 0 Å². The maximum Gasteiger partial charge on any atom is 0.264 e. The van der Waals surface area contributed by atoms with Crippen LogP contribution in [0.3, 0.4) is 0 Å². The van der Waals surface area contributed by atoms with E-state index in [9.17, 15) is 18.0 Å². The van der Waals surface area contributed by atoms with Crippen molar-refractivity contribution in [3.8, 4) is 0 Å². The molecular weight excluding hydrogens is 510 g/mol. The Balaban J connectivity index is 2.11. The summed E-state index contributed by atoms with van der Waals surface area (Å²) in [6, 6.07) is 20.3. The van der Waals surface area contributed by atoms with Crippen LogP contribution in [-0.4, -0.2) is 43.8 Å². The molecule has 0 aliphatic rings. The number of nitrogens with one attached hydrogen (secondary N) is 1. The Morgan fingerprint density at radius 2 is 1.46 bits per heavy atom. The molecule has 3 aromatic carbocycles. The van der Waals surface area contributed by atoms with Gasteiger partial charge in [0.05, 0.1) is 10.6 Å². The molecule has 7 nitrogen and oxygen atoms in total. The molecule has 8 heteroatoms. The fourth-order valence-electron chi connectivity index (χ4n) is 4.51. The van der Waals surface area contributed by atoms with Crippen LogP contribution in [0.2, 0.25) is 0 Å². The second-order valence-corrected chi connectivity index (χ2v) is 11.9. The second-order valence-electron chi connectivity index (χ2n) is 10.1. The van der Waals surface area contributed by atoms with Gasteiger partial charge in [-0.1, -0.05) is 61.5 Å². The van der Waals surface area contributed by atoms with Crippen molar-refractivity contribution in [3.05, 3.63) is 95.1 Å². The van der Waals surface area contributed by atoms with Gasteiger partial charge >= 0.3 is 0 Å². The summed E-state index contributed by atoms with van der Waals surface area (Å²) in [4.78, 5) is 29.0. The van der Waals surface area contributed by atoms with E-state index in [1.165, 1.54) is 21.3 Å². The molecule has 0 saturated carbocycles. The van der Waals surface area contributed by atoms with Gasteiger partial charge < -0.3 is 10.2 Å². The van der Waals surface area contributed by atoms with Crippen molar-refractivity contribution in [1.29, 1.82) is 0 Å². The monoisotopic (exact) mass is 549 g/mol. The van der Waals surface area contributed by atoms with Crippen LogP contribution in [0.4, 0.5) is 5.69 Å². The van der Waals surface area contributed by atoms with Gasteiger partial charge in [-0.3, -0.25) is 13.9 Å². The Kier molecular flexibility index (Phi) is 9.92. The number of amides is 2. The van der Waals surface area contributed by atoms with Crippen LogP contribution in [0.25, 0.3) is 0 Å². The number of aryl methyl sites for hydroxylation is 2. The summed E-state index contributed by atoms with van der Waals surface area (Å²) >= 11 is 0. The van der Waals surface area contributed by atoms with E-state index >= 15 is 0 Å². The summed E-state index contributed by atoms with van der Waals surface area (Å²) in [6.07, 6.45) is 0.380. The molecule has 0 fully saturated rings. The number of benzene rings is 3. The first kappa shape index (κ1) is 29.9. The lowest BCUT2D eigenvalue weighted by atomic mass is 10.1. The molecule has 0 aliphatic carbocycles. The van der Waals surface area contributed by atoms with Gasteiger partial charge in [0, 0.05) is 12.6 Å². The summed E-state index contributed by atoms with van der Waals surface area (Å²) in [6.45, 7) is 11.0. The Morgan fingerprint density at radius 3 is 2.08 bits per heavy atom. The lowest BCUT2D eigenvalue weighted by Gasteiger charge is -2.34. The molecule has 3 rings (SSSR count). The zero-order valence-corrected chi connectivity index (χ0v) is 24.5. The van der Waals surface area contributed by atoms with E-state index in [0.29, 0.717) is 12.1 Å². The Bertz CT molecular complexity index is 1400. The summed E-state index contributed by atoms with van der Waals surface area (Å²) < 4.78 is 29.1. The van der Waals surface area contributed by atoms with Gasteiger partial charge in [-0.15, -0.1) is 0 Å². The highest BCUT2D eigenvalue weighted by Gasteiger charge is 2.34. The largest absolute Gasteiger partial charge is 0.352 e. The molecule has 0 aromatic heterocycles. The highest BCUT2D eigenvalue weighted by molar-refractivity contribution is 7.92. The third-order valence-corrected chi connectivity index (χ3v) is 8.65. The smallest absolute Gasteiger partial charge is 0.264 e. The van der Waals surface area contributed by atoms with Gasteiger partial charge in [0.2, 0.25) is 11.8 Å². The molecule has 1 atom stereocenters. The molecule has 208 valence electrons. The van der Waals surface area contributed by atoms with Crippen LogP contribution < -0.4 is 9.62 Å². The molecule has 1 N–H and O–H groups in total. The molecule has 3 aromatic rings. The number of anilines is 1. The number of carbonyl (C=O) groups is 2. The zero-order valence-electron chi connectivity index (χ0n) is 23.6. The molecule has 2 amide bonds. The van der Waals surface area contributed by atoms with E-state index in [0.717, 1.165) is 22.3 Å². The highest BCUT2D eigenvalue weighted by Crippen LogP contribution is 2.29. The van der Waals surface area contributed by atoms with E-state index in [1.807, 2.05) is 71.9 Å². The van der Waals surface area contributed by atoms with Gasteiger partial charge in [0.25, 0.3) is 10.0 Å². The summed E-state index contributed by atoms with van der Waals surface area (Å²) in [5.74, 6) is -0.719. The average Bonchev–Trinajstić information content (AvgIpc) is 2.90. The predicted molar refractivity (Wildman–Crippen MR) is 156 cm³/mol. The fourth-order valence-corrected chi connectivity index (χ4v) is 6.00.